The quantitative estimate of drug-likeness (QED) is 0.167. The van der Waals surface area contributed by atoms with Crippen molar-refractivity contribution in [3.63, 3.8) is 0 Å². The first-order valence-corrected chi connectivity index (χ1v) is 24.2. The largest absolute Gasteiger partial charge is 0.309 e. The zero-order chi connectivity index (χ0) is 46.9. The van der Waals surface area contributed by atoms with Crippen LogP contribution < -0.4 is 0 Å². The zero-order valence-electron chi connectivity index (χ0n) is 41.4. The van der Waals surface area contributed by atoms with Gasteiger partial charge in [-0.05, 0) is 152 Å². The summed E-state index contributed by atoms with van der Waals surface area (Å²) in [7, 11) is 0. The highest BCUT2D eigenvalue weighted by Gasteiger charge is 2.25. The molecule has 11 rings (SSSR count). The molecule has 0 aliphatic heterocycles. The van der Waals surface area contributed by atoms with E-state index in [0.29, 0.717) is 0 Å². The molecule has 0 bridgehead atoms. The smallest absolute Gasteiger partial charge is 0.0542 e. The lowest BCUT2D eigenvalue weighted by atomic mass is 9.85. The van der Waals surface area contributed by atoms with Gasteiger partial charge in [0.15, 0.2) is 0 Å². The fourth-order valence-corrected chi connectivity index (χ4v) is 10.5. The molecule has 3 aromatic heterocycles. The van der Waals surface area contributed by atoms with Crippen LogP contribution >= 0.6 is 0 Å². The maximum Gasteiger partial charge on any atom is 0.0542 e. The maximum absolute atomic E-state index is 2.50. The van der Waals surface area contributed by atoms with E-state index in [1.54, 1.807) is 0 Å². The first-order valence-electron chi connectivity index (χ1n) is 24.2. The molecule has 0 N–H and O–H groups in total. The highest BCUT2D eigenvalue weighted by Crippen LogP contribution is 2.43. The van der Waals surface area contributed by atoms with Crippen molar-refractivity contribution in [1.82, 2.24) is 13.7 Å². The Morgan fingerprint density at radius 3 is 0.851 bits per heavy atom. The fourth-order valence-electron chi connectivity index (χ4n) is 10.5. The topological polar surface area (TPSA) is 14.8 Å². The normalized spacial score (nSPS) is 13.1. The molecule has 8 aromatic carbocycles. The van der Waals surface area contributed by atoms with Crippen LogP contribution in [0.1, 0.15) is 105 Å². The van der Waals surface area contributed by atoms with Crippen molar-refractivity contribution in [3.05, 3.63) is 186 Å². The van der Waals surface area contributed by atoms with Gasteiger partial charge in [0, 0.05) is 49.4 Å². The van der Waals surface area contributed by atoms with E-state index in [-0.39, 0.29) is 21.7 Å². The number of benzene rings is 8. The molecule has 0 atom stereocenters. The molecule has 0 fully saturated rings. The van der Waals surface area contributed by atoms with Gasteiger partial charge in [0.2, 0.25) is 0 Å². The number of rotatable bonds is 4. The van der Waals surface area contributed by atoms with E-state index in [0.717, 1.165) is 17.1 Å². The second-order valence-electron chi connectivity index (χ2n) is 23.3. The molecular formula is C64H63N3. The minimum atomic E-state index is 0.0284. The van der Waals surface area contributed by atoms with E-state index >= 15 is 0 Å². The predicted molar refractivity (Wildman–Crippen MR) is 290 cm³/mol. The van der Waals surface area contributed by atoms with E-state index in [1.807, 2.05) is 0 Å². The Labute approximate surface area is 396 Å². The van der Waals surface area contributed by atoms with Crippen LogP contribution in [0.2, 0.25) is 0 Å². The summed E-state index contributed by atoms with van der Waals surface area (Å²) in [6, 6.07) is 62.5. The van der Waals surface area contributed by atoms with E-state index in [9.17, 15) is 0 Å². The summed E-state index contributed by atoms with van der Waals surface area (Å²) >= 11 is 0. The van der Waals surface area contributed by atoms with Gasteiger partial charge in [0.1, 0.15) is 0 Å². The van der Waals surface area contributed by atoms with Crippen LogP contribution in [0, 0.1) is 0 Å². The average Bonchev–Trinajstić information content (AvgIpc) is 3.92. The molecule has 0 saturated heterocycles. The summed E-state index contributed by atoms with van der Waals surface area (Å²) < 4.78 is 7.47. The molecule has 0 amide bonds. The van der Waals surface area contributed by atoms with Crippen molar-refractivity contribution in [3.8, 4) is 28.2 Å². The Hall–Kier alpha value is -6.84. The second-order valence-corrected chi connectivity index (χ2v) is 23.3. The van der Waals surface area contributed by atoms with Crippen molar-refractivity contribution in [2.75, 3.05) is 0 Å². The third kappa shape index (κ3) is 7.09. The summed E-state index contributed by atoms with van der Waals surface area (Å²) in [4.78, 5) is 0. The van der Waals surface area contributed by atoms with E-state index in [1.165, 1.54) is 98.8 Å². The molecule has 0 radical (unpaired) electrons. The molecule has 0 saturated carbocycles. The first kappa shape index (κ1) is 42.8. The van der Waals surface area contributed by atoms with Crippen molar-refractivity contribution in [2.24, 2.45) is 0 Å². The SMILES string of the molecule is CC(C)(C)c1ccc2c(c1)c1cc(C(C)(C)C)ccc1n2-c1ccc2c(c1)c1cc(-n3c4ccc(C(C)(C)C)cc4c4cc(C(C)(C)C)ccc43)ccc1n2-c1cccc(-c2ccccc2)c1. The molecule has 334 valence electrons. The Morgan fingerprint density at radius 2 is 0.522 bits per heavy atom. The van der Waals surface area contributed by atoms with Gasteiger partial charge in [-0.3, -0.25) is 0 Å². The van der Waals surface area contributed by atoms with Crippen LogP contribution in [-0.2, 0) is 21.7 Å². The van der Waals surface area contributed by atoms with Gasteiger partial charge < -0.3 is 13.7 Å². The summed E-state index contributed by atoms with van der Waals surface area (Å²) in [5.74, 6) is 0. The molecule has 3 nitrogen and oxygen atoms in total. The van der Waals surface area contributed by atoms with Crippen LogP contribution in [0.25, 0.3) is 93.6 Å². The van der Waals surface area contributed by atoms with E-state index < -0.39 is 0 Å². The molecular weight excluding hydrogens is 811 g/mol. The van der Waals surface area contributed by atoms with Crippen LogP contribution in [0.4, 0.5) is 0 Å². The van der Waals surface area contributed by atoms with Crippen LogP contribution in [0.15, 0.2) is 164 Å². The number of hydrogen-bond acceptors (Lipinski definition) is 0. The molecule has 3 heterocycles. The van der Waals surface area contributed by atoms with E-state index in [2.05, 4.69) is 261 Å². The highest BCUT2D eigenvalue weighted by atomic mass is 15.0. The highest BCUT2D eigenvalue weighted by molar-refractivity contribution is 6.14. The Balaban J connectivity index is 1.20. The molecule has 0 aliphatic rings. The van der Waals surface area contributed by atoms with Crippen molar-refractivity contribution in [1.29, 1.82) is 0 Å². The first-order chi connectivity index (χ1) is 31.7. The van der Waals surface area contributed by atoms with Gasteiger partial charge in [0.05, 0.1) is 33.1 Å². The third-order valence-electron chi connectivity index (χ3n) is 14.5. The predicted octanol–water partition coefficient (Wildman–Crippen LogP) is 17.8. The van der Waals surface area contributed by atoms with Crippen molar-refractivity contribution in [2.45, 2.75) is 105 Å². The Bertz CT molecular complexity index is 3410. The third-order valence-corrected chi connectivity index (χ3v) is 14.5. The van der Waals surface area contributed by atoms with Crippen LogP contribution in [0.5, 0.6) is 0 Å². The average molecular weight is 874 g/mol. The lowest BCUT2D eigenvalue weighted by molar-refractivity contribution is 0.590. The summed E-state index contributed by atoms with van der Waals surface area (Å²) in [6.45, 7) is 27.8. The molecule has 3 heteroatoms. The van der Waals surface area contributed by atoms with Gasteiger partial charge in [0.25, 0.3) is 0 Å². The van der Waals surface area contributed by atoms with Crippen LogP contribution in [0.3, 0.4) is 0 Å². The Morgan fingerprint density at radius 1 is 0.239 bits per heavy atom. The number of nitrogens with zero attached hydrogens (tertiary/aromatic N) is 3. The molecule has 67 heavy (non-hydrogen) atoms. The van der Waals surface area contributed by atoms with Gasteiger partial charge >= 0.3 is 0 Å². The molecule has 0 unspecified atom stereocenters. The summed E-state index contributed by atoms with van der Waals surface area (Å²) in [5, 5.41) is 7.63. The van der Waals surface area contributed by atoms with Gasteiger partial charge in [-0.15, -0.1) is 0 Å². The van der Waals surface area contributed by atoms with Gasteiger partial charge in [-0.1, -0.05) is 150 Å². The fraction of sp³-hybridized carbons (Fsp3) is 0.250. The molecule has 0 aliphatic carbocycles. The molecule has 11 aromatic rings. The monoisotopic (exact) mass is 874 g/mol. The van der Waals surface area contributed by atoms with Crippen LogP contribution in [-0.4, -0.2) is 13.7 Å². The minimum Gasteiger partial charge on any atom is -0.309 e. The minimum absolute atomic E-state index is 0.0284. The zero-order valence-corrected chi connectivity index (χ0v) is 41.4. The number of aromatic nitrogens is 3. The number of fused-ring (bicyclic) bond motifs is 9. The summed E-state index contributed by atoms with van der Waals surface area (Å²) in [6.07, 6.45) is 0. The van der Waals surface area contributed by atoms with E-state index in [4.69, 9.17) is 0 Å². The van der Waals surface area contributed by atoms with Crippen molar-refractivity contribution < 1.29 is 0 Å². The summed E-state index contributed by atoms with van der Waals surface area (Å²) in [5.41, 5.74) is 18.6. The standard InChI is InChI=1S/C64H63N3/c1-61(2,3)42-21-27-55-49(34-42)50-35-43(62(4,5)6)22-28-56(50)66(55)47-25-31-59-53(38-47)54-39-48(26-32-60(54)65(59)46-20-16-19-41(33-46)40-17-14-13-15-18-40)67-57-29-23-44(63(7,8)9)36-51(57)52-37-45(64(10,11)12)24-30-58(52)67/h13-39H,1-12H3. The Kier molecular flexibility index (Phi) is 9.47. The maximum atomic E-state index is 2.50. The molecule has 0 spiro atoms. The lowest BCUT2D eigenvalue weighted by Crippen LogP contribution is -2.10. The van der Waals surface area contributed by atoms with Crippen molar-refractivity contribution >= 4 is 65.4 Å². The number of hydrogen-bond donors (Lipinski definition) is 0. The van der Waals surface area contributed by atoms with Gasteiger partial charge in [-0.25, -0.2) is 0 Å². The van der Waals surface area contributed by atoms with Gasteiger partial charge in [-0.2, -0.15) is 0 Å². The lowest BCUT2D eigenvalue weighted by Gasteiger charge is -2.19. The second kappa shape index (κ2) is 14.8.